The van der Waals surface area contributed by atoms with Gasteiger partial charge in [0.25, 0.3) is 0 Å². The first-order valence-corrected chi connectivity index (χ1v) is 1.83. The first kappa shape index (κ1) is 74.2. The second-order valence-electron chi connectivity index (χ2n) is 0.634. The molecule has 0 aliphatic heterocycles. The van der Waals surface area contributed by atoms with Gasteiger partial charge in [0.05, 0.1) is 0 Å². The van der Waals surface area contributed by atoms with Gasteiger partial charge in [0.1, 0.15) is 6.79 Å². The molecule has 3 nitrogen and oxygen atoms in total. The third kappa shape index (κ3) is 276. The van der Waals surface area contributed by atoms with Crippen LogP contribution in [-0.2, 0) is 66.7 Å². The van der Waals surface area contributed by atoms with E-state index in [1.165, 1.54) is 0 Å². The first-order chi connectivity index (χ1) is 3.33. The van der Waals surface area contributed by atoms with Gasteiger partial charge in [-0.05, 0) is 0 Å². The molecule has 0 rings (SSSR count). The zero-order valence-corrected chi connectivity index (χ0v) is 14.4. The van der Waals surface area contributed by atoms with E-state index in [9.17, 15) is 0 Å². The van der Waals surface area contributed by atoms with E-state index < -0.39 is 6.79 Å². The molecule has 0 aromatic rings. The van der Waals surface area contributed by atoms with Crippen LogP contribution in [0.25, 0.3) is 0 Å². The molecule has 6 heteroatoms. The molecular weight excluding hydrogens is 291 g/mol. The molecule has 0 saturated heterocycles. The van der Waals surface area contributed by atoms with Gasteiger partial charge in [-0.3, -0.25) is 0 Å². The average molecular weight is 314 g/mol. The van der Waals surface area contributed by atoms with Crippen LogP contribution in [0.2, 0.25) is 0 Å². The molecule has 0 aromatic carbocycles. The monoisotopic (exact) mass is 314 g/mol. The van der Waals surface area contributed by atoms with Gasteiger partial charge < -0.3 is 51.6 Å². The molecule has 86 valence electrons. The van der Waals surface area contributed by atoms with Gasteiger partial charge in [-0.2, -0.15) is 0 Å². The normalized spacial score (nSPS) is 3.43. The van der Waals surface area contributed by atoms with Crippen molar-refractivity contribution in [2.24, 2.45) is 0 Å². The van der Waals surface area contributed by atoms with E-state index in [4.69, 9.17) is 10.2 Å². The van der Waals surface area contributed by atoms with Crippen LogP contribution in [0, 0.1) is 36.6 Å². The predicted octanol–water partition coefficient (Wildman–Crippen LogP) is 1.19. The van der Waals surface area contributed by atoms with Crippen molar-refractivity contribution in [1.82, 2.24) is 0 Å². The molecule has 0 heterocycles. The molecule has 2 N–H and O–H groups in total. The Kier molecular flexibility index (Phi) is 636. The summed E-state index contributed by atoms with van der Waals surface area (Å²) >= 11 is 0. The molecular formula is C8H23O3Ti2V. The number of rotatable bonds is 1. The smallest absolute Gasteiger partial charge is 0.417 e. The molecule has 0 saturated carbocycles. The van der Waals surface area contributed by atoms with Crippen molar-refractivity contribution in [2.75, 3.05) is 20.5 Å². The fourth-order valence-corrected chi connectivity index (χ4v) is 0. The fraction of sp³-hybridized carbons (Fsp3) is 0.375. The molecule has 0 amide bonds. The van der Waals surface area contributed by atoms with Gasteiger partial charge in [0, 0.05) is 25.7 Å². The number of hydrogen-bond donors (Lipinski definition) is 2. The summed E-state index contributed by atoms with van der Waals surface area (Å²) in [5, 5.41) is 14.2. The molecule has 0 unspecified atom stereocenters. The van der Waals surface area contributed by atoms with Gasteiger partial charge in [0.15, 0.2) is 0 Å². The zero-order valence-electron chi connectivity index (χ0n) is 9.87. The van der Waals surface area contributed by atoms with E-state index in [0.717, 1.165) is 0 Å². The summed E-state index contributed by atoms with van der Waals surface area (Å²) in [6.45, 7) is 3.20. The third-order valence-electron chi connectivity index (χ3n) is 0.204. The number of methoxy groups -OCH3 is 1. The average Bonchev–Trinajstić information content (AvgIpc) is 1.69. The third-order valence-corrected chi connectivity index (χ3v) is 0.204. The van der Waals surface area contributed by atoms with Crippen molar-refractivity contribution in [1.29, 1.82) is 0 Å². The van der Waals surface area contributed by atoms with E-state index in [1.807, 2.05) is 0 Å². The van der Waals surface area contributed by atoms with Gasteiger partial charge in [0.2, 0.25) is 0 Å². The van der Waals surface area contributed by atoms with Gasteiger partial charge in [-0.25, -0.2) is 0 Å². The summed E-state index contributed by atoms with van der Waals surface area (Å²) in [5.41, 5.74) is 0. The second-order valence-corrected chi connectivity index (χ2v) is 0.634. The van der Waals surface area contributed by atoms with E-state index >= 15 is 0 Å². The van der Waals surface area contributed by atoms with Crippen LogP contribution in [0.3, 0.4) is 0 Å². The van der Waals surface area contributed by atoms with E-state index in [-0.39, 0.29) is 91.7 Å². The van der Waals surface area contributed by atoms with Gasteiger partial charge in [-0.1, -0.05) is 6.61 Å². The summed E-state index contributed by atoms with van der Waals surface area (Å²) < 4.78 is 4.43. The molecule has 0 bridgehead atoms. The fourth-order valence-electron chi connectivity index (χ4n) is 0. The van der Waals surface area contributed by atoms with Crippen molar-refractivity contribution >= 4 is 0 Å². The van der Waals surface area contributed by atoms with Crippen LogP contribution < -0.4 is 0 Å². The molecule has 0 aromatic heterocycles. The summed E-state index contributed by atoms with van der Waals surface area (Å²) in [4.78, 5) is 0. The molecule has 0 fully saturated rings. The van der Waals surface area contributed by atoms with Crippen LogP contribution >= 0.6 is 0 Å². The predicted molar refractivity (Wildman–Crippen MR) is 52.2 cm³/mol. The van der Waals surface area contributed by atoms with Crippen LogP contribution in [0.1, 0.15) is 0 Å². The Balaban J connectivity index is -0.00000000344. The van der Waals surface area contributed by atoms with Gasteiger partial charge >= 0.3 is 43.4 Å². The van der Waals surface area contributed by atoms with E-state index in [0.29, 0.717) is 6.61 Å². The minimum absolute atomic E-state index is 0. The molecule has 14 heavy (non-hydrogen) atoms. The van der Waals surface area contributed by atoms with Crippen LogP contribution in [0.15, 0.2) is 0 Å². The summed E-state index contributed by atoms with van der Waals surface area (Å²) in [6, 6.07) is 0. The minimum Gasteiger partial charge on any atom is -0.417 e. The number of hydrogen-bond acceptors (Lipinski definition) is 3. The number of aliphatic hydroxyl groups excluding tert-OH is 1. The standard InChI is InChI=1S/C3H7O.CH4O2.4CH3.2Ti.V/c1-3-4-2;2-1-3;;;;;;;/h1,3H2,2H3;2-3H,1H2;4*1H3;;;/q-1;;4*-1;+2;+3;. The van der Waals surface area contributed by atoms with Crippen molar-refractivity contribution in [3.8, 4) is 0 Å². The molecule has 0 aliphatic rings. The maximum atomic E-state index is 7.12. The van der Waals surface area contributed by atoms with Gasteiger partial charge in [-0.15, -0.1) is 0 Å². The Hall–Kier alpha value is 1.89. The Labute approximate surface area is 133 Å². The maximum absolute atomic E-state index is 7.12. The summed E-state index contributed by atoms with van der Waals surface area (Å²) in [7, 11) is 1.62. The Morgan fingerprint density at radius 1 is 1.07 bits per heavy atom. The molecule has 2 radical (unpaired) electrons. The van der Waals surface area contributed by atoms with Crippen molar-refractivity contribution in [3.05, 3.63) is 36.6 Å². The topological polar surface area (TPSA) is 49.7 Å². The van der Waals surface area contributed by atoms with Crippen molar-refractivity contribution < 1.29 is 76.9 Å². The van der Waals surface area contributed by atoms with Crippen LogP contribution in [0.5, 0.6) is 0 Å². The second kappa shape index (κ2) is 120. The van der Waals surface area contributed by atoms with Crippen molar-refractivity contribution in [3.63, 3.8) is 0 Å². The minimum atomic E-state index is -0.750. The number of ether oxygens (including phenoxy) is 1. The molecule has 0 atom stereocenters. The van der Waals surface area contributed by atoms with Crippen LogP contribution in [-0.4, -0.2) is 30.7 Å². The molecule has 0 aliphatic carbocycles. The maximum Gasteiger partial charge on any atom is 3.00 e. The van der Waals surface area contributed by atoms with E-state index in [2.05, 4.69) is 11.7 Å². The Morgan fingerprint density at radius 2 is 1.14 bits per heavy atom. The van der Waals surface area contributed by atoms with Crippen molar-refractivity contribution in [2.45, 2.75) is 0 Å². The largest absolute Gasteiger partial charge is 3.00 e. The Morgan fingerprint density at radius 3 is 1.14 bits per heavy atom. The molecule has 0 spiro atoms. The summed E-state index contributed by atoms with van der Waals surface area (Å²) in [6.07, 6.45) is 0. The Bertz CT molecular complexity index is 30.1. The zero-order chi connectivity index (χ0) is 6.12. The quantitative estimate of drug-likeness (QED) is 0.434. The van der Waals surface area contributed by atoms with E-state index in [1.54, 1.807) is 7.11 Å². The first-order valence-electron chi connectivity index (χ1n) is 1.83. The SMILES string of the molecule is OCO.[CH2-]COC.[CH3-].[CH3-].[CH3-].[CH3-].[Ti+2].[Ti+3].[V]. The number of aliphatic hydroxyl groups is 2. The summed E-state index contributed by atoms with van der Waals surface area (Å²) in [5.74, 6) is 0. The van der Waals surface area contributed by atoms with Crippen LogP contribution in [0.4, 0.5) is 0 Å².